The zero-order valence-electron chi connectivity index (χ0n) is 13.6. The summed E-state index contributed by atoms with van der Waals surface area (Å²) in [5.41, 5.74) is 11.3. The molecule has 0 fully saturated rings. The van der Waals surface area contributed by atoms with E-state index >= 15 is 0 Å². The fourth-order valence-corrected chi connectivity index (χ4v) is 2.81. The van der Waals surface area contributed by atoms with E-state index in [0.29, 0.717) is 12.4 Å². The fraction of sp³-hybridized carbons (Fsp3) is 0.0500. The van der Waals surface area contributed by atoms with Gasteiger partial charge in [-0.1, -0.05) is 42.5 Å². The van der Waals surface area contributed by atoms with Gasteiger partial charge in [0.2, 0.25) is 5.95 Å². The van der Waals surface area contributed by atoms with Gasteiger partial charge in [0.25, 0.3) is 0 Å². The highest BCUT2D eigenvalue weighted by Crippen LogP contribution is 2.27. The first kappa shape index (κ1) is 15.1. The number of hydrogen-bond donors (Lipinski definition) is 2. The minimum atomic E-state index is 0.247. The maximum Gasteiger partial charge on any atom is 0.221 e. The average Bonchev–Trinajstić information content (AvgIpc) is 3.09. The monoisotopic (exact) mass is 327 g/mol. The Kier molecular flexibility index (Phi) is 3.96. The first-order chi connectivity index (χ1) is 12.3. The minimum absolute atomic E-state index is 0.247. The highest BCUT2D eigenvalue weighted by Gasteiger charge is 2.12. The molecule has 5 nitrogen and oxygen atoms in total. The molecule has 4 rings (SSSR count). The van der Waals surface area contributed by atoms with Crippen molar-refractivity contribution >= 4 is 35.8 Å². The number of nitrogen functional groups attached to an aromatic ring is 1. The van der Waals surface area contributed by atoms with Gasteiger partial charge >= 0.3 is 0 Å². The van der Waals surface area contributed by atoms with E-state index in [9.17, 15) is 0 Å². The standard InChI is InChI=1S/C20H17N5/c21-20-23-9-8-19(25-20)24-17-10-15(18-13-22-12-16(18)11-17)7-6-14-4-2-1-3-5-14/h1-12H,13H2,(H3,21,23,24,25)/b7-6+. The lowest BCUT2D eigenvalue weighted by Crippen LogP contribution is -2.00. The Morgan fingerprint density at radius 2 is 1.92 bits per heavy atom. The average molecular weight is 327 g/mol. The van der Waals surface area contributed by atoms with Crippen molar-refractivity contribution in [3.8, 4) is 0 Å². The molecule has 2 heterocycles. The van der Waals surface area contributed by atoms with E-state index in [-0.39, 0.29) is 5.95 Å². The molecular weight excluding hydrogens is 310 g/mol. The Labute approximate surface area is 146 Å². The highest BCUT2D eigenvalue weighted by molar-refractivity contribution is 5.90. The Morgan fingerprint density at radius 1 is 1.04 bits per heavy atom. The van der Waals surface area contributed by atoms with E-state index < -0.39 is 0 Å². The first-order valence-electron chi connectivity index (χ1n) is 8.03. The molecule has 122 valence electrons. The predicted molar refractivity (Wildman–Crippen MR) is 103 cm³/mol. The van der Waals surface area contributed by atoms with E-state index in [2.05, 4.69) is 56.7 Å². The minimum Gasteiger partial charge on any atom is -0.368 e. The molecule has 1 aliphatic rings. The normalized spacial score (nSPS) is 12.5. The number of aromatic nitrogens is 2. The Morgan fingerprint density at radius 3 is 2.76 bits per heavy atom. The van der Waals surface area contributed by atoms with Crippen LogP contribution in [0.4, 0.5) is 17.5 Å². The van der Waals surface area contributed by atoms with Crippen LogP contribution >= 0.6 is 0 Å². The lowest BCUT2D eigenvalue weighted by Gasteiger charge is -2.10. The number of aliphatic imine (C=N–C) groups is 1. The molecule has 0 bridgehead atoms. The van der Waals surface area contributed by atoms with E-state index in [1.165, 1.54) is 5.56 Å². The van der Waals surface area contributed by atoms with Crippen molar-refractivity contribution in [3.05, 3.63) is 77.0 Å². The molecule has 0 radical (unpaired) electrons. The van der Waals surface area contributed by atoms with Crippen LogP contribution in [0, 0.1) is 0 Å². The largest absolute Gasteiger partial charge is 0.368 e. The van der Waals surface area contributed by atoms with Crippen LogP contribution in [0.2, 0.25) is 0 Å². The van der Waals surface area contributed by atoms with Crippen molar-refractivity contribution in [1.82, 2.24) is 9.97 Å². The van der Waals surface area contributed by atoms with Crippen molar-refractivity contribution in [3.63, 3.8) is 0 Å². The van der Waals surface area contributed by atoms with Crippen LogP contribution in [-0.2, 0) is 6.54 Å². The van der Waals surface area contributed by atoms with Gasteiger partial charge < -0.3 is 11.1 Å². The summed E-state index contributed by atoms with van der Waals surface area (Å²) in [7, 11) is 0. The summed E-state index contributed by atoms with van der Waals surface area (Å²) in [5.74, 6) is 0.914. The second-order valence-corrected chi connectivity index (χ2v) is 5.77. The third-order valence-corrected chi connectivity index (χ3v) is 4.00. The lowest BCUT2D eigenvalue weighted by atomic mass is 10.0. The van der Waals surface area contributed by atoms with Crippen molar-refractivity contribution in [2.45, 2.75) is 6.54 Å². The molecule has 25 heavy (non-hydrogen) atoms. The smallest absolute Gasteiger partial charge is 0.221 e. The van der Waals surface area contributed by atoms with Gasteiger partial charge in [-0.3, -0.25) is 4.99 Å². The molecular formula is C20H17N5. The lowest BCUT2D eigenvalue weighted by molar-refractivity contribution is 1.11. The molecule has 2 aromatic carbocycles. The summed E-state index contributed by atoms with van der Waals surface area (Å²) in [6.07, 6.45) is 7.78. The molecule has 5 heteroatoms. The number of fused-ring (bicyclic) bond motifs is 1. The van der Waals surface area contributed by atoms with Gasteiger partial charge in [-0.25, -0.2) is 4.98 Å². The van der Waals surface area contributed by atoms with Gasteiger partial charge in [0.15, 0.2) is 0 Å². The molecule has 0 unspecified atom stereocenters. The second-order valence-electron chi connectivity index (χ2n) is 5.77. The first-order valence-corrected chi connectivity index (χ1v) is 8.03. The van der Waals surface area contributed by atoms with Crippen molar-refractivity contribution in [1.29, 1.82) is 0 Å². The third-order valence-electron chi connectivity index (χ3n) is 4.00. The number of nitrogens with one attached hydrogen (secondary N) is 1. The molecule has 3 aromatic rings. The molecule has 0 aliphatic carbocycles. The van der Waals surface area contributed by atoms with Crippen LogP contribution in [-0.4, -0.2) is 16.2 Å². The fourth-order valence-electron chi connectivity index (χ4n) is 2.81. The van der Waals surface area contributed by atoms with E-state index in [1.54, 1.807) is 12.3 Å². The van der Waals surface area contributed by atoms with Gasteiger partial charge in [-0.15, -0.1) is 0 Å². The molecule has 1 aromatic heterocycles. The number of rotatable bonds is 4. The maximum absolute atomic E-state index is 5.65. The van der Waals surface area contributed by atoms with Gasteiger partial charge in [-0.05, 0) is 40.5 Å². The Balaban J connectivity index is 1.67. The number of anilines is 3. The van der Waals surface area contributed by atoms with E-state index in [4.69, 9.17) is 5.73 Å². The van der Waals surface area contributed by atoms with Gasteiger partial charge in [0, 0.05) is 18.1 Å². The summed E-state index contributed by atoms with van der Waals surface area (Å²) in [5, 5.41) is 3.29. The second kappa shape index (κ2) is 6.57. The molecule has 3 N–H and O–H groups in total. The van der Waals surface area contributed by atoms with Crippen LogP contribution in [0.15, 0.2) is 59.7 Å². The number of nitrogens with zero attached hydrogens (tertiary/aromatic N) is 3. The molecule has 0 spiro atoms. The van der Waals surface area contributed by atoms with Crippen LogP contribution < -0.4 is 11.1 Å². The van der Waals surface area contributed by atoms with Gasteiger partial charge in [-0.2, -0.15) is 4.98 Å². The summed E-state index contributed by atoms with van der Waals surface area (Å²) < 4.78 is 0. The van der Waals surface area contributed by atoms with Crippen molar-refractivity contribution in [2.75, 3.05) is 11.1 Å². The summed E-state index contributed by atoms with van der Waals surface area (Å²) in [6, 6.07) is 16.2. The number of nitrogens with two attached hydrogens (primary N) is 1. The molecule has 1 aliphatic heterocycles. The van der Waals surface area contributed by atoms with Gasteiger partial charge in [0.05, 0.1) is 6.54 Å². The predicted octanol–water partition coefficient (Wildman–Crippen LogP) is 3.91. The van der Waals surface area contributed by atoms with E-state index in [1.807, 2.05) is 24.4 Å². The molecule has 0 saturated heterocycles. The zero-order chi connectivity index (χ0) is 17.1. The SMILES string of the molecule is Nc1nccc(Nc2cc3c(c(/C=C/c4ccccc4)c2)CN=C3)n1. The number of hydrogen-bond acceptors (Lipinski definition) is 5. The van der Waals surface area contributed by atoms with Crippen molar-refractivity contribution < 1.29 is 0 Å². The topological polar surface area (TPSA) is 76.2 Å². The van der Waals surface area contributed by atoms with E-state index in [0.717, 1.165) is 22.4 Å². The quantitative estimate of drug-likeness (QED) is 0.712. The zero-order valence-corrected chi connectivity index (χ0v) is 13.6. The Hall–Kier alpha value is -3.47. The number of benzene rings is 2. The highest BCUT2D eigenvalue weighted by atomic mass is 15.1. The van der Waals surface area contributed by atoms with Gasteiger partial charge in [0.1, 0.15) is 5.82 Å². The third kappa shape index (κ3) is 3.40. The summed E-state index contributed by atoms with van der Waals surface area (Å²) >= 11 is 0. The molecule has 0 atom stereocenters. The van der Waals surface area contributed by atoms with Crippen LogP contribution in [0.1, 0.15) is 22.3 Å². The van der Waals surface area contributed by atoms with Crippen LogP contribution in [0.5, 0.6) is 0 Å². The van der Waals surface area contributed by atoms with Crippen LogP contribution in [0.25, 0.3) is 12.2 Å². The molecule has 0 amide bonds. The maximum atomic E-state index is 5.65. The molecule has 0 saturated carbocycles. The van der Waals surface area contributed by atoms with Crippen LogP contribution in [0.3, 0.4) is 0 Å². The van der Waals surface area contributed by atoms with Crippen molar-refractivity contribution in [2.24, 2.45) is 4.99 Å². The Bertz CT molecular complexity index is 961. The summed E-state index contributed by atoms with van der Waals surface area (Å²) in [4.78, 5) is 12.5. The summed E-state index contributed by atoms with van der Waals surface area (Å²) in [6.45, 7) is 0.713.